The van der Waals surface area contributed by atoms with Gasteiger partial charge in [0, 0.05) is 48.6 Å². The molecule has 1 aliphatic carbocycles. The number of aromatic amines is 1. The first-order chi connectivity index (χ1) is 24.4. The minimum absolute atomic E-state index is 0.0899. The fraction of sp³-hybridized carbons (Fsp3) is 0.568. The van der Waals surface area contributed by atoms with Gasteiger partial charge in [-0.05, 0) is 57.6 Å². The Kier molecular flexibility index (Phi) is 9.78. The highest BCUT2D eigenvalue weighted by Gasteiger charge is 2.52. The largest absolute Gasteiger partial charge is 0.482 e. The van der Waals surface area contributed by atoms with Gasteiger partial charge in [0.15, 0.2) is 16.8 Å². The van der Waals surface area contributed by atoms with Gasteiger partial charge in [0.1, 0.15) is 54.2 Å². The number of aromatic nitrogens is 2. The zero-order chi connectivity index (χ0) is 36.1. The Bertz CT molecular complexity index is 1920. The maximum Gasteiger partial charge on any atom is 0.226 e. The van der Waals surface area contributed by atoms with Crippen LogP contribution in [0.2, 0.25) is 0 Å². The number of aliphatic hydroxyl groups is 5. The first kappa shape index (κ1) is 35.6. The third-order valence-electron chi connectivity index (χ3n) is 11.4. The second kappa shape index (κ2) is 14.0. The molecular weight excluding hydrogens is 662 g/mol. The molecular formula is C37H47N3O11. The lowest BCUT2D eigenvalue weighted by molar-refractivity contribution is -0.360. The number of fused-ring (bicyclic) bond motifs is 3. The van der Waals surface area contributed by atoms with Crippen LogP contribution in [0.3, 0.4) is 0 Å². The predicted molar refractivity (Wildman–Crippen MR) is 184 cm³/mol. The van der Waals surface area contributed by atoms with E-state index in [4.69, 9.17) is 24.0 Å². The lowest BCUT2D eigenvalue weighted by Crippen LogP contribution is -2.52. The predicted octanol–water partition coefficient (Wildman–Crippen LogP) is 2.30. The molecule has 2 fully saturated rings. The van der Waals surface area contributed by atoms with Crippen LogP contribution in [-0.2, 0) is 21.0 Å². The molecule has 51 heavy (non-hydrogen) atoms. The maximum absolute atomic E-state index is 13.3. The Balaban J connectivity index is 1.24. The zero-order valence-electron chi connectivity index (χ0n) is 28.8. The molecule has 7 N–H and O–H groups in total. The number of ether oxygens (including phenoxy) is 1. The van der Waals surface area contributed by atoms with Crippen molar-refractivity contribution < 1.29 is 49.3 Å². The number of amides is 1. The van der Waals surface area contributed by atoms with Crippen LogP contribution in [0.1, 0.15) is 63.2 Å². The van der Waals surface area contributed by atoms with Crippen molar-refractivity contribution >= 4 is 27.8 Å². The quantitative estimate of drug-likeness (QED) is 0.0839. The molecule has 0 bridgehead atoms. The monoisotopic (exact) mass is 709 g/mol. The van der Waals surface area contributed by atoms with Crippen molar-refractivity contribution in [3.63, 3.8) is 0 Å². The number of H-pyrrole nitrogens is 1. The number of carbonyl (C=O) groups is 1. The molecule has 7 atom stereocenters. The number of hydrogen-bond acceptors (Lipinski definition) is 11. The van der Waals surface area contributed by atoms with Crippen molar-refractivity contribution in [3.8, 4) is 11.4 Å². The van der Waals surface area contributed by atoms with Crippen LogP contribution in [0.4, 0.5) is 0 Å². The molecule has 5 heterocycles. The minimum atomic E-state index is -1.83. The summed E-state index contributed by atoms with van der Waals surface area (Å²) in [5.41, 5.74) is 0.818. The summed E-state index contributed by atoms with van der Waals surface area (Å²) < 4.78 is 15.1. The van der Waals surface area contributed by atoms with Gasteiger partial charge in [-0.25, -0.2) is 9.78 Å². The van der Waals surface area contributed by atoms with Crippen LogP contribution in [0, 0.1) is 18.3 Å². The lowest BCUT2D eigenvalue weighted by Gasteiger charge is -2.43. The summed E-state index contributed by atoms with van der Waals surface area (Å²) in [4.78, 5) is 41.2. The van der Waals surface area contributed by atoms with E-state index in [2.05, 4.69) is 10.3 Å². The Labute approximate surface area is 293 Å². The molecule has 1 amide bonds. The molecule has 3 aromatic heterocycles. The normalized spacial score (nSPS) is 25.4. The first-order valence-corrected chi connectivity index (χ1v) is 17.8. The summed E-state index contributed by atoms with van der Waals surface area (Å²) in [5, 5.41) is 54.2. The van der Waals surface area contributed by atoms with E-state index in [1.807, 2.05) is 36.1 Å². The van der Waals surface area contributed by atoms with Crippen molar-refractivity contribution in [2.24, 2.45) is 11.3 Å². The van der Waals surface area contributed by atoms with Gasteiger partial charge >= 0.3 is 0 Å². The Morgan fingerprint density at radius 1 is 1.06 bits per heavy atom. The Morgan fingerprint density at radius 3 is 2.57 bits per heavy atom. The highest BCUT2D eigenvalue weighted by atomic mass is 17.2. The fourth-order valence-electron chi connectivity index (χ4n) is 8.35. The molecule has 7 unspecified atom stereocenters. The van der Waals surface area contributed by atoms with Crippen molar-refractivity contribution in [3.05, 3.63) is 58.3 Å². The number of nitrogens with zero attached hydrogens (tertiary/aromatic N) is 1. The van der Waals surface area contributed by atoms with Gasteiger partial charge in [0.25, 0.3) is 0 Å². The number of aryl methyl sites for hydroxylation is 1. The number of benzene rings is 1. The smallest absolute Gasteiger partial charge is 0.226 e. The fourth-order valence-corrected chi connectivity index (χ4v) is 8.35. The molecule has 3 aliphatic rings. The summed E-state index contributed by atoms with van der Waals surface area (Å²) in [7, 11) is 0. The standard InChI is InChI=1S/C37H47N3O11/c1-20-12-26(42)24-13-22-14-29(51-48-19-28(44)32(46)31(45)27(43)18-41)36(2,10-6-23-15-39-35(47)37(23)8-4-3-5-9-37)50-33(22)30(34(24)49-20)40-16-21-7-11-38-25(21)17-40/h7,11-13,16-17,23,27-29,31-32,38,41,43-46H,3-6,8-10,14-15,18-19H2,1-2H3,(H,39,47). The number of rotatable bonds is 12. The van der Waals surface area contributed by atoms with Gasteiger partial charge in [-0.2, -0.15) is 0 Å². The molecule has 1 saturated heterocycles. The van der Waals surface area contributed by atoms with Crippen LogP contribution < -0.4 is 15.5 Å². The van der Waals surface area contributed by atoms with Gasteiger partial charge in [0.05, 0.1) is 22.9 Å². The zero-order valence-corrected chi connectivity index (χ0v) is 28.8. The van der Waals surface area contributed by atoms with Crippen molar-refractivity contribution in [1.29, 1.82) is 0 Å². The van der Waals surface area contributed by atoms with E-state index < -0.39 is 54.7 Å². The molecule has 0 radical (unpaired) electrons. The summed E-state index contributed by atoms with van der Waals surface area (Å²) in [6.45, 7) is 2.84. The number of aliphatic hydroxyl groups excluding tert-OH is 5. The van der Waals surface area contributed by atoms with E-state index in [1.54, 1.807) is 13.0 Å². The molecule has 1 saturated carbocycles. The van der Waals surface area contributed by atoms with E-state index in [0.29, 0.717) is 53.1 Å². The molecule has 1 aromatic carbocycles. The minimum Gasteiger partial charge on any atom is -0.482 e. The second-order valence-electron chi connectivity index (χ2n) is 14.8. The van der Waals surface area contributed by atoms with Gasteiger partial charge in [0.2, 0.25) is 5.91 Å². The second-order valence-corrected chi connectivity index (χ2v) is 14.8. The third-order valence-corrected chi connectivity index (χ3v) is 11.4. The van der Waals surface area contributed by atoms with Gasteiger partial charge in [-0.3, -0.25) is 9.59 Å². The van der Waals surface area contributed by atoms with Crippen LogP contribution in [-0.4, -0.2) is 96.9 Å². The summed E-state index contributed by atoms with van der Waals surface area (Å²) >= 11 is 0. The molecule has 4 aromatic rings. The van der Waals surface area contributed by atoms with E-state index in [-0.39, 0.29) is 23.7 Å². The van der Waals surface area contributed by atoms with Crippen LogP contribution >= 0.6 is 0 Å². The van der Waals surface area contributed by atoms with Crippen molar-refractivity contribution in [2.45, 2.75) is 101 Å². The molecule has 1 spiro atoms. The molecule has 14 nitrogen and oxygen atoms in total. The van der Waals surface area contributed by atoms with Crippen molar-refractivity contribution in [2.75, 3.05) is 19.8 Å². The van der Waals surface area contributed by atoms with Crippen LogP contribution in [0.5, 0.6) is 5.75 Å². The topological polar surface area (TPSA) is 209 Å². The number of carbonyl (C=O) groups excluding carboxylic acids is 1. The Hall–Kier alpha value is -3.76. The molecule has 7 rings (SSSR count). The molecule has 2 aliphatic heterocycles. The highest BCUT2D eigenvalue weighted by molar-refractivity contribution is 5.91. The van der Waals surface area contributed by atoms with Gasteiger partial charge < -0.3 is 49.6 Å². The summed E-state index contributed by atoms with van der Waals surface area (Å²) in [6, 6.07) is 5.13. The highest BCUT2D eigenvalue weighted by Crippen LogP contribution is 2.50. The van der Waals surface area contributed by atoms with Crippen LogP contribution in [0.25, 0.3) is 27.6 Å². The average molecular weight is 710 g/mol. The Morgan fingerprint density at radius 2 is 1.82 bits per heavy atom. The molecule has 276 valence electrons. The lowest BCUT2D eigenvalue weighted by atomic mass is 9.65. The summed E-state index contributed by atoms with van der Waals surface area (Å²) in [5.74, 6) is 1.17. The third kappa shape index (κ3) is 6.47. The van der Waals surface area contributed by atoms with Gasteiger partial charge in [-0.1, -0.05) is 19.3 Å². The van der Waals surface area contributed by atoms with E-state index in [0.717, 1.165) is 43.0 Å². The maximum atomic E-state index is 13.3. The van der Waals surface area contributed by atoms with Crippen LogP contribution in [0.15, 0.2) is 46.0 Å². The van der Waals surface area contributed by atoms with E-state index >= 15 is 0 Å². The first-order valence-electron chi connectivity index (χ1n) is 17.8. The van der Waals surface area contributed by atoms with Crippen molar-refractivity contribution in [1.82, 2.24) is 14.9 Å². The van der Waals surface area contributed by atoms with E-state index in [9.17, 15) is 30.0 Å². The van der Waals surface area contributed by atoms with Gasteiger partial charge in [-0.15, -0.1) is 0 Å². The number of hydrogen-bond donors (Lipinski definition) is 7. The average Bonchev–Trinajstić information content (AvgIpc) is 3.81. The molecule has 14 heteroatoms. The summed E-state index contributed by atoms with van der Waals surface area (Å²) in [6.07, 6.45) is 4.13. The SMILES string of the molecule is Cc1cc(=O)c2cc3c(c(-n4cc5cc[nH]c5c4)c2o1)OC(C)(CCC1CNC(=O)C12CCCCC2)C(OOCC(O)C(O)C(O)C(O)CO)C3. The van der Waals surface area contributed by atoms with E-state index in [1.165, 1.54) is 6.07 Å². The number of nitrogens with one attached hydrogen (secondary N) is 2.